The Labute approximate surface area is 114 Å². The summed E-state index contributed by atoms with van der Waals surface area (Å²) in [4.78, 5) is 8.64. The molecule has 0 aliphatic heterocycles. The molecule has 0 N–H and O–H groups in total. The molecule has 1 aromatic rings. The summed E-state index contributed by atoms with van der Waals surface area (Å²) in [5.74, 6) is -0.192. The summed E-state index contributed by atoms with van der Waals surface area (Å²) in [6, 6.07) is 0.734. The SMILES string of the molecule is CN(C)C(C)(C)COc1cc(C(F)(F)F)nc(Cl)n1. The van der Waals surface area contributed by atoms with Gasteiger partial charge >= 0.3 is 6.18 Å². The lowest BCUT2D eigenvalue weighted by molar-refractivity contribution is -0.141. The first kappa shape index (κ1) is 16.0. The monoisotopic (exact) mass is 297 g/mol. The molecule has 0 unspecified atom stereocenters. The maximum atomic E-state index is 12.5. The summed E-state index contributed by atoms with van der Waals surface area (Å²) >= 11 is 5.46. The van der Waals surface area contributed by atoms with Crippen LogP contribution in [0.15, 0.2) is 6.07 Å². The quantitative estimate of drug-likeness (QED) is 0.801. The van der Waals surface area contributed by atoms with Crippen molar-refractivity contribution in [1.82, 2.24) is 14.9 Å². The van der Waals surface area contributed by atoms with Crippen LogP contribution < -0.4 is 4.74 Å². The second-order valence-electron chi connectivity index (χ2n) is 4.85. The van der Waals surface area contributed by atoms with Gasteiger partial charge in [0, 0.05) is 11.6 Å². The smallest absolute Gasteiger partial charge is 0.433 e. The van der Waals surface area contributed by atoms with E-state index in [0.717, 1.165) is 6.07 Å². The first-order chi connectivity index (χ1) is 8.52. The predicted molar refractivity (Wildman–Crippen MR) is 65.3 cm³/mol. The molecular formula is C11H15ClF3N3O. The van der Waals surface area contributed by atoms with E-state index in [1.807, 2.05) is 32.8 Å². The van der Waals surface area contributed by atoms with Crippen molar-refractivity contribution in [3.63, 3.8) is 0 Å². The van der Waals surface area contributed by atoms with Gasteiger partial charge in [0.2, 0.25) is 11.2 Å². The highest BCUT2D eigenvalue weighted by atomic mass is 35.5. The second-order valence-corrected chi connectivity index (χ2v) is 5.19. The van der Waals surface area contributed by atoms with Crippen molar-refractivity contribution in [3.05, 3.63) is 17.0 Å². The number of ether oxygens (including phenoxy) is 1. The molecule has 0 saturated heterocycles. The van der Waals surface area contributed by atoms with E-state index in [0.29, 0.717) is 0 Å². The summed E-state index contributed by atoms with van der Waals surface area (Å²) in [6.07, 6.45) is -4.58. The number of likely N-dealkylation sites (N-methyl/N-ethyl adjacent to an activating group) is 1. The van der Waals surface area contributed by atoms with Gasteiger partial charge in [0.25, 0.3) is 0 Å². The molecule has 1 rings (SSSR count). The summed E-state index contributed by atoms with van der Waals surface area (Å²) in [5, 5.41) is -0.493. The van der Waals surface area contributed by atoms with Gasteiger partial charge in [-0.2, -0.15) is 18.2 Å². The van der Waals surface area contributed by atoms with Crippen molar-refractivity contribution in [3.8, 4) is 5.88 Å². The summed E-state index contributed by atoms with van der Waals surface area (Å²) in [5.41, 5.74) is -1.47. The van der Waals surface area contributed by atoms with Crippen LogP contribution in [0.4, 0.5) is 13.2 Å². The first-order valence-electron chi connectivity index (χ1n) is 5.44. The molecule has 8 heteroatoms. The molecule has 0 bridgehead atoms. The minimum Gasteiger partial charge on any atom is -0.476 e. The van der Waals surface area contributed by atoms with Crippen LogP contribution in [-0.2, 0) is 6.18 Å². The summed E-state index contributed by atoms with van der Waals surface area (Å²) < 4.78 is 42.9. The van der Waals surface area contributed by atoms with E-state index >= 15 is 0 Å². The van der Waals surface area contributed by atoms with Crippen LogP contribution >= 0.6 is 11.6 Å². The van der Waals surface area contributed by atoms with Crippen LogP contribution in [-0.4, -0.2) is 41.1 Å². The molecule has 0 radical (unpaired) electrons. The van der Waals surface area contributed by atoms with Gasteiger partial charge in [-0.25, -0.2) is 4.98 Å². The van der Waals surface area contributed by atoms with Crippen molar-refractivity contribution in [2.24, 2.45) is 0 Å². The standard InChI is InChI=1S/C11H15ClF3N3O/c1-10(2,18(3)4)6-19-8-5-7(11(13,14)15)16-9(12)17-8/h5H,6H2,1-4H3. The van der Waals surface area contributed by atoms with E-state index in [1.54, 1.807) is 0 Å². The Morgan fingerprint density at radius 3 is 2.32 bits per heavy atom. The van der Waals surface area contributed by atoms with E-state index in [9.17, 15) is 13.2 Å². The Bertz CT molecular complexity index is 449. The largest absolute Gasteiger partial charge is 0.476 e. The Morgan fingerprint density at radius 2 is 1.84 bits per heavy atom. The Morgan fingerprint density at radius 1 is 1.26 bits per heavy atom. The molecule has 1 aromatic heterocycles. The minimum atomic E-state index is -4.58. The van der Waals surface area contributed by atoms with Crippen LogP contribution in [0.1, 0.15) is 19.5 Å². The second kappa shape index (κ2) is 5.50. The molecule has 0 aliphatic rings. The van der Waals surface area contributed by atoms with E-state index in [2.05, 4.69) is 9.97 Å². The summed E-state index contributed by atoms with van der Waals surface area (Å²) in [7, 11) is 3.69. The number of aromatic nitrogens is 2. The molecular weight excluding hydrogens is 283 g/mol. The zero-order valence-electron chi connectivity index (χ0n) is 11.0. The van der Waals surface area contributed by atoms with E-state index in [-0.39, 0.29) is 18.0 Å². The van der Waals surface area contributed by atoms with Gasteiger partial charge in [0.05, 0.1) is 0 Å². The lowest BCUT2D eigenvalue weighted by atomic mass is 10.1. The van der Waals surface area contributed by atoms with E-state index in [4.69, 9.17) is 16.3 Å². The van der Waals surface area contributed by atoms with Crippen molar-refractivity contribution >= 4 is 11.6 Å². The molecule has 0 atom stereocenters. The van der Waals surface area contributed by atoms with Crippen LogP contribution in [0.3, 0.4) is 0 Å². The van der Waals surface area contributed by atoms with Crippen molar-refractivity contribution in [2.45, 2.75) is 25.6 Å². The van der Waals surface area contributed by atoms with Crippen LogP contribution in [0, 0.1) is 0 Å². The predicted octanol–water partition coefficient (Wildman–Crippen LogP) is 2.87. The van der Waals surface area contributed by atoms with Crippen LogP contribution in [0.2, 0.25) is 5.28 Å². The molecule has 19 heavy (non-hydrogen) atoms. The molecule has 0 fully saturated rings. The van der Waals surface area contributed by atoms with E-state index < -0.39 is 17.2 Å². The third-order valence-corrected chi connectivity index (χ3v) is 2.92. The lowest BCUT2D eigenvalue weighted by Gasteiger charge is -2.31. The number of rotatable bonds is 4. The molecule has 4 nitrogen and oxygen atoms in total. The molecule has 0 saturated carbocycles. The Kier molecular flexibility index (Phi) is 4.63. The Balaban J connectivity index is 2.88. The molecule has 1 heterocycles. The highest BCUT2D eigenvalue weighted by molar-refractivity contribution is 6.28. The molecule has 0 spiro atoms. The van der Waals surface area contributed by atoms with E-state index in [1.165, 1.54) is 0 Å². The van der Waals surface area contributed by atoms with Crippen LogP contribution in [0.5, 0.6) is 5.88 Å². The molecule has 108 valence electrons. The third kappa shape index (κ3) is 4.50. The highest BCUT2D eigenvalue weighted by Crippen LogP contribution is 2.30. The molecule has 0 amide bonds. The first-order valence-corrected chi connectivity index (χ1v) is 5.82. The van der Waals surface area contributed by atoms with Crippen molar-refractivity contribution in [1.29, 1.82) is 0 Å². The molecule has 0 aromatic carbocycles. The maximum Gasteiger partial charge on any atom is 0.433 e. The van der Waals surface area contributed by atoms with Crippen molar-refractivity contribution < 1.29 is 17.9 Å². The maximum absolute atomic E-state index is 12.5. The average molecular weight is 298 g/mol. The third-order valence-electron chi connectivity index (χ3n) is 2.75. The van der Waals surface area contributed by atoms with Gasteiger partial charge in [0.15, 0.2) is 5.69 Å². The molecule has 0 aliphatic carbocycles. The topological polar surface area (TPSA) is 38.2 Å². The fraction of sp³-hybridized carbons (Fsp3) is 0.636. The number of halogens is 4. The fourth-order valence-electron chi connectivity index (χ4n) is 0.996. The zero-order chi connectivity index (χ0) is 14.8. The fourth-order valence-corrected chi connectivity index (χ4v) is 1.17. The van der Waals surface area contributed by atoms with Crippen molar-refractivity contribution in [2.75, 3.05) is 20.7 Å². The van der Waals surface area contributed by atoms with Gasteiger partial charge in [-0.3, -0.25) is 0 Å². The summed E-state index contributed by atoms with van der Waals surface area (Å²) in [6.45, 7) is 3.95. The number of hydrogen-bond donors (Lipinski definition) is 0. The van der Waals surface area contributed by atoms with Gasteiger partial charge < -0.3 is 9.64 Å². The van der Waals surface area contributed by atoms with Gasteiger partial charge in [-0.15, -0.1) is 0 Å². The number of hydrogen-bond acceptors (Lipinski definition) is 4. The van der Waals surface area contributed by atoms with Gasteiger partial charge in [-0.05, 0) is 39.5 Å². The highest BCUT2D eigenvalue weighted by Gasteiger charge is 2.34. The number of nitrogens with zero attached hydrogens (tertiary/aromatic N) is 3. The average Bonchev–Trinajstić information content (AvgIpc) is 2.24. The van der Waals surface area contributed by atoms with Gasteiger partial charge in [0.1, 0.15) is 6.61 Å². The minimum absolute atomic E-state index is 0.171. The normalized spacial score (nSPS) is 12.9. The number of alkyl halides is 3. The Hall–Kier alpha value is -1.08. The zero-order valence-corrected chi connectivity index (χ0v) is 11.8. The lowest BCUT2D eigenvalue weighted by Crippen LogP contribution is -2.43. The van der Waals surface area contributed by atoms with Crippen LogP contribution in [0.25, 0.3) is 0 Å². The van der Waals surface area contributed by atoms with Gasteiger partial charge in [-0.1, -0.05) is 0 Å².